The number of aliphatic imine (C=N–C) groups is 1. The summed E-state index contributed by atoms with van der Waals surface area (Å²) in [5, 5.41) is 11.4. The molecule has 1 aliphatic rings. The smallest absolute Gasteiger partial charge is 0.269 e. The van der Waals surface area contributed by atoms with E-state index in [2.05, 4.69) is 4.99 Å². The molecule has 1 saturated heterocycles. The van der Waals surface area contributed by atoms with Gasteiger partial charge in [0.25, 0.3) is 11.6 Å². The van der Waals surface area contributed by atoms with Crippen LogP contribution in [0.2, 0.25) is 0 Å². The Morgan fingerprint density at radius 3 is 2.41 bits per heavy atom. The number of hydrogen-bond acceptors (Lipinski definition) is 6. The lowest BCUT2D eigenvalue weighted by Gasteiger charge is -2.11. The van der Waals surface area contributed by atoms with E-state index < -0.39 is 4.92 Å². The normalized spacial score (nSPS) is 16.6. The maximum Gasteiger partial charge on any atom is 0.269 e. The van der Waals surface area contributed by atoms with E-state index in [1.165, 1.54) is 23.9 Å². The van der Waals surface area contributed by atoms with Crippen molar-refractivity contribution in [2.45, 2.75) is 20.5 Å². The summed E-state index contributed by atoms with van der Waals surface area (Å²) in [5.74, 6) is 0.655. The monoisotopic (exact) mass is 411 g/mol. The second-order valence-electron chi connectivity index (χ2n) is 6.20. The van der Waals surface area contributed by atoms with Gasteiger partial charge >= 0.3 is 0 Å². The van der Waals surface area contributed by atoms with Gasteiger partial charge in [0.1, 0.15) is 12.4 Å². The van der Waals surface area contributed by atoms with Gasteiger partial charge in [-0.3, -0.25) is 24.8 Å². The molecule has 0 unspecified atom stereocenters. The third-order valence-electron chi connectivity index (χ3n) is 4.23. The lowest BCUT2D eigenvalue weighted by atomic mass is 10.2. The number of amides is 1. The van der Waals surface area contributed by atoms with Crippen LogP contribution in [0.25, 0.3) is 6.08 Å². The summed E-state index contributed by atoms with van der Waals surface area (Å²) in [6.07, 6.45) is 1.86. The molecule has 0 saturated carbocycles. The van der Waals surface area contributed by atoms with Crippen LogP contribution in [-0.4, -0.2) is 34.0 Å². The first-order valence-electron chi connectivity index (χ1n) is 9.24. The molecule has 150 valence electrons. The molecule has 2 aromatic carbocycles. The zero-order chi connectivity index (χ0) is 20.8. The van der Waals surface area contributed by atoms with E-state index in [0.717, 1.165) is 16.3 Å². The van der Waals surface area contributed by atoms with E-state index in [1.54, 1.807) is 17.0 Å². The Morgan fingerprint density at radius 2 is 1.83 bits per heavy atom. The summed E-state index contributed by atoms with van der Waals surface area (Å²) in [5.41, 5.74) is 1.80. The van der Waals surface area contributed by atoms with Crippen molar-refractivity contribution < 1.29 is 14.5 Å². The first-order chi connectivity index (χ1) is 14.0. The average molecular weight is 411 g/mol. The Kier molecular flexibility index (Phi) is 6.66. The predicted octanol–water partition coefficient (Wildman–Crippen LogP) is 4.49. The van der Waals surface area contributed by atoms with Crippen LogP contribution in [0.4, 0.5) is 5.69 Å². The molecule has 0 atom stereocenters. The maximum atomic E-state index is 12.5. The molecule has 7 nitrogen and oxygen atoms in total. The van der Waals surface area contributed by atoms with E-state index in [4.69, 9.17) is 4.74 Å². The number of ether oxygens (including phenoxy) is 1. The van der Waals surface area contributed by atoms with Crippen LogP contribution in [0, 0.1) is 10.1 Å². The zero-order valence-corrected chi connectivity index (χ0v) is 17.0. The number of amidine groups is 1. The van der Waals surface area contributed by atoms with Crippen molar-refractivity contribution in [3.8, 4) is 5.75 Å². The highest BCUT2D eigenvalue weighted by atomic mass is 32.2. The molecule has 1 amide bonds. The Morgan fingerprint density at radius 1 is 1.14 bits per heavy atom. The average Bonchev–Trinajstić information content (AvgIpc) is 3.02. The molecule has 1 heterocycles. The third-order valence-corrected chi connectivity index (χ3v) is 5.27. The third kappa shape index (κ3) is 5.03. The number of benzene rings is 2. The SMILES string of the molecule is CCN=C1S/C(=C/c2ccc(OCc3ccc([N+](=O)[O-])cc3)cc2)C(=O)N1CC. The number of hydrogen-bond donors (Lipinski definition) is 0. The number of non-ortho nitro benzene ring substituents is 1. The van der Waals surface area contributed by atoms with Gasteiger partial charge in [0.15, 0.2) is 5.17 Å². The van der Waals surface area contributed by atoms with Gasteiger partial charge in [-0.1, -0.05) is 12.1 Å². The van der Waals surface area contributed by atoms with Gasteiger partial charge in [0.2, 0.25) is 0 Å². The molecule has 1 aliphatic heterocycles. The number of carbonyl (C=O) groups excluding carboxylic acids is 1. The van der Waals surface area contributed by atoms with Crippen molar-refractivity contribution >= 4 is 34.6 Å². The van der Waals surface area contributed by atoms with Gasteiger partial charge in [-0.15, -0.1) is 0 Å². The van der Waals surface area contributed by atoms with Crippen LogP contribution >= 0.6 is 11.8 Å². The lowest BCUT2D eigenvalue weighted by Crippen LogP contribution is -2.28. The van der Waals surface area contributed by atoms with E-state index in [-0.39, 0.29) is 11.6 Å². The first kappa shape index (κ1) is 20.6. The molecule has 8 heteroatoms. The van der Waals surface area contributed by atoms with Crippen molar-refractivity contribution in [3.63, 3.8) is 0 Å². The van der Waals surface area contributed by atoms with Crippen LogP contribution in [0.15, 0.2) is 58.4 Å². The van der Waals surface area contributed by atoms with Gasteiger partial charge in [0, 0.05) is 25.2 Å². The van der Waals surface area contributed by atoms with Gasteiger partial charge in [-0.25, -0.2) is 0 Å². The van der Waals surface area contributed by atoms with Crippen molar-refractivity contribution in [2.75, 3.05) is 13.1 Å². The van der Waals surface area contributed by atoms with Gasteiger partial charge in [-0.05, 0) is 67.1 Å². The van der Waals surface area contributed by atoms with Crippen molar-refractivity contribution in [1.82, 2.24) is 4.90 Å². The maximum absolute atomic E-state index is 12.5. The molecule has 29 heavy (non-hydrogen) atoms. The molecule has 0 spiro atoms. The van der Waals surface area contributed by atoms with E-state index >= 15 is 0 Å². The summed E-state index contributed by atoms with van der Waals surface area (Å²) in [6, 6.07) is 13.7. The first-order valence-corrected chi connectivity index (χ1v) is 10.1. The van der Waals surface area contributed by atoms with Crippen LogP contribution in [0.1, 0.15) is 25.0 Å². The van der Waals surface area contributed by atoms with Gasteiger partial charge in [0.05, 0.1) is 9.83 Å². The van der Waals surface area contributed by atoms with Crippen LogP contribution in [-0.2, 0) is 11.4 Å². The summed E-state index contributed by atoms with van der Waals surface area (Å²) in [6.45, 7) is 5.43. The highest BCUT2D eigenvalue weighted by molar-refractivity contribution is 8.18. The highest BCUT2D eigenvalue weighted by Crippen LogP contribution is 2.32. The zero-order valence-electron chi connectivity index (χ0n) is 16.2. The lowest BCUT2D eigenvalue weighted by molar-refractivity contribution is -0.384. The van der Waals surface area contributed by atoms with Gasteiger partial charge < -0.3 is 4.74 Å². The van der Waals surface area contributed by atoms with Gasteiger partial charge in [-0.2, -0.15) is 0 Å². The van der Waals surface area contributed by atoms with E-state index in [0.29, 0.717) is 30.4 Å². The number of thioether (sulfide) groups is 1. The summed E-state index contributed by atoms with van der Waals surface area (Å²) in [4.78, 5) is 29.5. The molecular formula is C21H21N3O4S. The topological polar surface area (TPSA) is 85.0 Å². The highest BCUT2D eigenvalue weighted by Gasteiger charge is 2.31. The minimum absolute atomic E-state index is 0.0248. The molecular weight excluding hydrogens is 390 g/mol. The molecule has 0 radical (unpaired) electrons. The molecule has 0 bridgehead atoms. The fraction of sp³-hybridized carbons (Fsp3) is 0.238. The predicted molar refractivity (Wildman–Crippen MR) is 115 cm³/mol. The molecule has 0 N–H and O–H groups in total. The Bertz CT molecular complexity index is 953. The Balaban J connectivity index is 1.64. The number of carbonyl (C=O) groups is 1. The van der Waals surface area contributed by atoms with Crippen molar-refractivity contribution in [3.05, 3.63) is 74.7 Å². The Labute approximate surface area is 173 Å². The molecule has 0 aromatic heterocycles. The molecule has 0 aliphatic carbocycles. The fourth-order valence-electron chi connectivity index (χ4n) is 2.73. The van der Waals surface area contributed by atoms with E-state index in [9.17, 15) is 14.9 Å². The van der Waals surface area contributed by atoms with Crippen LogP contribution in [0.3, 0.4) is 0 Å². The van der Waals surface area contributed by atoms with E-state index in [1.807, 2.05) is 44.2 Å². The molecule has 1 fully saturated rings. The summed E-state index contributed by atoms with van der Waals surface area (Å²) >= 11 is 1.39. The minimum Gasteiger partial charge on any atom is -0.489 e. The second kappa shape index (κ2) is 9.38. The van der Waals surface area contributed by atoms with Crippen molar-refractivity contribution in [2.24, 2.45) is 4.99 Å². The number of likely N-dealkylation sites (N-methyl/N-ethyl adjacent to an activating group) is 1. The number of nitro benzene ring substituents is 1. The number of nitrogens with zero attached hydrogens (tertiary/aromatic N) is 3. The molecule has 2 aromatic rings. The van der Waals surface area contributed by atoms with Crippen molar-refractivity contribution in [1.29, 1.82) is 0 Å². The summed E-state index contributed by atoms with van der Waals surface area (Å²) < 4.78 is 5.73. The number of rotatable bonds is 7. The largest absolute Gasteiger partial charge is 0.489 e. The van der Waals surface area contributed by atoms with Crippen LogP contribution in [0.5, 0.6) is 5.75 Å². The van der Waals surface area contributed by atoms with Crippen LogP contribution < -0.4 is 4.74 Å². The summed E-state index contributed by atoms with van der Waals surface area (Å²) in [7, 11) is 0. The minimum atomic E-state index is -0.429. The standard InChI is InChI=1S/C21H21N3O4S/c1-3-22-21-23(4-2)20(25)19(29-21)13-15-7-11-18(12-8-15)28-14-16-5-9-17(10-6-16)24(26)27/h5-13H,3-4,14H2,1-2H3/b19-13+,22-21?. The molecule has 3 rings (SSSR count). The fourth-order valence-corrected chi connectivity index (χ4v) is 3.84. The quantitative estimate of drug-likeness (QED) is 0.381. The Hall–Kier alpha value is -3.13. The number of nitro groups is 1. The second-order valence-corrected chi connectivity index (χ2v) is 7.21.